The minimum Gasteiger partial charge on any atom is -0.545 e. The van der Waals surface area contributed by atoms with E-state index in [2.05, 4.69) is 0 Å². The van der Waals surface area contributed by atoms with Crippen molar-refractivity contribution >= 4 is 17.9 Å². The molecule has 0 spiro atoms. The molecule has 0 aliphatic heterocycles. The van der Waals surface area contributed by atoms with Gasteiger partial charge in [0.25, 0.3) is 0 Å². The third-order valence-corrected chi connectivity index (χ3v) is 2.91. The first-order chi connectivity index (χ1) is 10.5. The van der Waals surface area contributed by atoms with E-state index in [9.17, 15) is 24.6 Å². The summed E-state index contributed by atoms with van der Waals surface area (Å²) in [6, 6.07) is 11.9. The van der Waals surface area contributed by atoms with Crippen LogP contribution in [0.4, 0.5) is 0 Å². The average molecular weight is 298 g/mol. The smallest absolute Gasteiger partial charge is 0.338 e. The number of ether oxygens (including phenoxy) is 1. The fourth-order valence-electron chi connectivity index (χ4n) is 1.82. The van der Waals surface area contributed by atoms with Crippen molar-refractivity contribution in [3.05, 3.63) is 70.8 Å². The molecule has 22 heavy (non-hydrogen) atoms. The lowest BCUT2D eigenvalue weighted by atomic mass is 10.0. The summed E-state index contributed by atoms with van der Waals surface area (Å²) in [4.78, 5) is 33.6. The second-order valence-corrected chi connectivity index (χ2v) is 4.40. The van der Waals surface area contributed by atoms with Crippen LogP contribution in [0, 0.1) is 0 Å². The Morgan fingerprint density at radius 3 is 2.09 bits per heavy atom. The number of rotatable bonds is 5. The summed E-state index contributed by atoms with van der Waals surface area (Å²) < 4.78 is 5.03. The van der Waals surface area contributed by atoms with Crippen LogP contribution in [-0.4, -0.2) is 17.9 Å². The van der Waals surface area contributed by atoms with Gasteiger partial charge in [-0.05, 0) is 17.7 Å². The number of carbonyl (C=O) groups is 3. The number of hydrogen-bond donors (Lipinski definition) is 0. The molecular formula is C16H10O6-2. The van der Waals surface area contributed by atoms with Crippen molar-refractivity contribution in [2.45, 2.75) is 6.61 Å². The van der Waals surface area contributed by atoms with Gasteiger partial charge in [-0.2, -0.15) is 0 Å². The van der Waals surface area contributed by atoms with Crippen LogP contribution >= 0.6 is 0 Å². The van der Waals surface area contributed by atoms with Gasteiger partial charge in [0.05, 0.1) is 17.5 Å². The summed E-state index contributed by atoms with van der Waals surface area (Å²) in [6.45, 7) is 0.0164. The SMILES string of the molecule is O=C(OCc1ccccc1)c1ccc(C(=O)[O-])c(C(=O)[O-])c1. The number of benzene rings is 2. The Balaban J connectivity index is 2.18. The number of carboxylic acid groups (broad SMARTS) is 2. The molecule has 2 aromatic carbocycles. The van der Waals surface area contributed by atoms with Crippen LogP contribution in [0.5, 0.6) is 0 Å². The standard InChI is InChI=1S/C16H12O6/c17-14(18)12-7-6-11(8-13(12)15(19)20)16(21)22-9-10-4-2-1-3-5-10/h1-8H,9H2,(H,17,18)(H,19,20)/p-2. The van der Waals surface area contributed by atoms with Crippen LogP contribution in [0.1, 0.15) is 36.6 Å². The molecule has 0 aliphatic carbocycles. The summed E-state index contributed by atoms with van der Waals surface area (Å²) in [5.74, 6) is -4.14. The van der Waals surface area contributed by atoms with Gasteiger partial charge in [-0.25, -0.2) is 4.79 Å². The highest BCUT2D eigenvalue weighted by atomic mass is 16.5. The lowest BCUT2D eigenvalue weighted by molar-refractivity contribution is -0.259. The minimum atomic E-state index is -1.71. The highest BCUT2D eigenvalue weighted by Crippen LogP contribution is 2.13. The van der Waals surface area contributed by atoms with Crippen molar-refractivity contribution in [3.8, 4) is 0 Å². The van der Waals surface area contributed by atoms with E-state index in [-0.39, 0.29) is 12.2 Å². The second-order valence-electron chi connectivity index (χ2n) is 4.40. The van der Waals surface area contributed by atoms with Gasteiger partial charge in [0, 0.05) is 11.1 Å². The third kappa shape index (κ3) is 3.49. The predicted octanol–water partition coefficient (Wildman–Crippen LogP) is -0.229. The van der Waals surface area contributed by atoms with E-state index in [0.29, 0.717) is 0 Å². The van der Waals surface area contributed by atoms with Crippen molar-refractivity contribution in [1.29, 1.82) is 0 Å². The molecule has 0 saturated carbocycles. The zero-order valence-corrected chi connectivity index (χ0v) is 11.3. The molecule has 0 atom stereocenters. The van der Waals surface area contributed by atoms with Gasteiger partial charge >= 0.3 is 5.97 Å². The highest BCUT2D eigenvalue weighted by Gasteiger charge is 2.12. The molecule has 0 radical (unpaired) electrons. The summed E-state index contributed by atoms with van der Waals surface area (Å²) in [7, 11) is 0. The number of carbonyl (C=O) groups excluding carboxylic acids is 3. The topological polar surface area (TPSA) is 107 Å². The quantitative estimate of drug-likeness (QED) is 0.706. The molecule has 0 bridgehead atoms. The molecule has 2 rings (SSSR count). The van der Waals surface area contributed by atoms with Crippen molar-refractivity contribution < 1.29 is 29.3 Å². The molecule has 0 aliphatic rings. The van der Waals surface area contributed by atoms with E-state index < -0.39 is 29.0 Å². The molecule has 6 nitrogen and oxygen atoms in total. The van der Waals surface area contributed by atoms with Crippen LogP contribution in [0.2, 0.25) is 0 Å². The van der Waals surface area contributed by atoms with Gasteiger partial charge in [0.15, 0.2) is 0 Å². The van der Waals surface area contributed by atoms with Crippen LogP contribution < -0.4 is 10.2 Å². The molecule has 0 aromatic heterocycles. The van der Waals surface area contributed by atoms with Gasteiger partial charge in [-0.15, -0.1) is 0 Å². The van der Waals surface area contributed by atoms with E-state index in [1.54, 1.807) is 24.3 Å². The Morgan fingerprint density at radius 1 is 0.864 bits per heavy atom. The molecule has 0 amide bonds. The second kappa shape index (κ2) is 6.53. The molecule has 0 fully saturated rings. The predicted molar refractivity (Wildman–Crippen MR) is 70.7 cm³/mol. The third-order valence-electron chi connectivity index (χ3n) is 2.91. The Kier molecular flexibility index (Phi) is 4.53. The molecule has 2 aromatic rings. The van der Waals surface area contributed by atoms with Gasteiger partial charge in [0.1, 0.15) is 6.61 Å². The van der Waals surface area contributed by atoms with Gasteiger partial charge in [-0.3, -0.25) is 0 Å². The first-order valence-corrected chi connectivity index (χ1v) is 6.27. The molecule has 0 saturated heterocycles. The van der Waals surface area contributed by atoms with Gasteiger partial charge < -0.3 is 24.5 Å². The summed E-state index contributed by atoms with van der Waals surface area (Å²) in [5.41, 5.74) is -0.503. The van der Waals surface area contributed by atoms with E-state index in [4.69, 9.17) is 4.74 Å². The first kappa shape index (κ1) is 15.2. The molecule has 0 unspecified atom stereocenters. The number of carboxylic acids is 2. The number of esters is 1. The van der Waals surface area contributed by atoms with E-state index in [1.807, 2.05) is 6.07 Å². The largest absolute Gasteiger partial charge is 0.545 e. The van der Waals surface area contributed by atoms with E-state index >= 15 is 0 Å². The Bertz CT molecular complexity index is 721. The monoisotopic (exact) mass is 298 g/mol. The maximum Gasteiger partial charge on any atom is 0.338 e. The lowest BCUT2D eigenvalue weighted by Gasteiger charge is -2.13. The number of hydrogen-bond acceptors (Lipinski definition) is 6. The highest BCUT2D eigenvalue weighted by molar-refractivity contribution is 6.02. The molecule has 0 N–H and O–H groups in total. The summed E-state index contributed by atoms with van der Waals surface area (Å²) in [5, 5.41) is 21.7. The van der Waals surface area contributed by atoms with Crippen molar-refractivity contribution in [1.82, 2.24) is 0 Å². The van der Waals surface area contributed by atoms with Crippen LogP contribution in [0.25, 0.3) is 0 Å². The molecule has 0 heterocycles. The van der Waals surface area contributed by atoms with E-state index in [1.165, 1.54) is 0 Å². The van der Waals surface area contributed by atoms with Crippen molar-refractivity contribution in [2.24, 2.45) is 0 Å². The summed E-state index contributed by atoms with van der Waals surface area (Å²) >= 11 is 0. The zero-order valence-electron chi connectivity index (χ0n) is 11.3. The van der Waals surface area contributed by atoms with E-state index in [0.717, 1.165) is 23.8 Å². The maximum absolute atomic E-state index is 11.9. The fraction of sp³-hybridized carbons (Fsp3) is 0.0625. The lowest BCUT2D eigenvalue weighted by Crippen LogP contribution is -2.30. The Hall–Kier alpha value is -3.15. The van der Waals surface area contributed by atoms with Crippen LogP contribution in [0.15, 0.2) is 48.5 Å². The normalized spacial score (nSPS) is 10.0. The first-order valence-electron chi connectivity index (χ1n) is 6.27. The van der Waals surface area contributed by atoms with Gasteiger partial charge in [0.2, 0.25) is 0 Å². The molecule has 112 valence electrons. The average Bonchev–Trinajstić information content (AvgIpc) is 2.52. The van der Waals surface area contributed by atoms with Crippen molar-refractivity contribution in [2.75, 3.05) is 0 Å². The van der Waals surface area contributed by atoms with Crippen LogP contribution in [0.3, 0.4) is 0 Å². The summed E-state index contributed by atoms with van der Waals surface area (Å²) in [6.07, 6.45) is 0. The molecule has 6 heteroatoms. The van der Waals surface area contributed by atoms with Gasteiger partial charge in [-0.1, -0.05) is 36.4 Å². The van der Waals surface area contributed by atoms with Crippen molar-refractivity contribution in [3.63, 3.8) is 0 Å². The molecular weight excluding hydrogens is 288 g/mol. The fourth-order valence-corrected chi connectivity index (χ4v) is 1.82. The van der Waals surface area contributed by atoms with Crippen LogP contribution in [-0.2, 0) is 11.3 Å². The number of aromatic carboxylic acids is 2. The Labute approximate surface area is 125 Å². The minimum absolute atomic E-state index is 0.0164. The zero-order chi connectivity index (χ0) is 16.1. The Morgan fingerprint density at radius 2 is 1.50 bits per heavy atom. The maximum atomic E-state index is 11.9.